The van der Waals surface area contributed by atoms with Crippen molar-refractivity contribution in [1.82, 2.24) is 5.32 Å². The fourth-order valence-corrected chi connectivity index (χ4v) is 2.86. The Kier molecular flexibility index (Phi) is 5.82. The molecule has 1 atom stereocenters. The molecule has 4 nitrogen and oxygen atoms in total. The molecule has 1 aliphatic rings. The minimum absolute atomic E-state index is 0.000732. The van der Waals surface area contributed by atoms with Crippen LogP contribution in [0.5, 0.6) is 0 Å². The van der Waals surface area contributed by atoms with Gasteiger partial charge in [0.05, 0.1) is 5.56 Å². The van der Waals surface area contributed by atoms with Crippen LogP contribution in [0.15, 0.2) is 18.2 Å². The quantitative estimate of drug-likeness (QED) is 0.818. The van der Waals surface area contributed by atoms with Crippen molar-refractivity contribution in [3.8, 4) is 0 Å². The number of hydrogen-bond donors (Lipinski definition) is 1. The van der Waals surface area contributed by atoms with E-state index in [4.69, 9.17) is 4.74 Å². The highest BCUT2D eigenvalue weighted by Gasteiger charge is 2.42. The van der Waals surface area contributed by atoms with E-state index in [0.717, 1.165) is 12.1 Å². The summed E-state index contributed by atoms with van der Waals surface area (Å²) in [6, 6.07) is 2.13. The second-order valence-electron chi connectivity index (χ2n) is 6.10. The van der Waals surface area contributed by atoms with Gasteiger partial charge in [0.2, 0.25) is 0 Å². The third-order valence-electron chi connectivity index (χ3n) is 4.12. The first-order chi connectivity index (χ1) is 11.7. The molecule has 1 amide bonds. The molecule has 1 unspecified atom stereocenters. The molecule has 2 rings (SSSR count). The summed E-state index contributed by atoms with van der Waals surface area (Å²) in [5, 5.41) is 2.51. The number of amides is 1. The van der Waals surface area contributed by atoms with Gasteiger partial charge in [0, 0.05) is 13.0 Å². The first-order valence-electron chi connectivity index (χ1n) is 7.97. The number of hydrogen-bond acceptors (Lipinski definition) is 3. The molecular weight excluding hydrogens is 342 g/mol. The van der Waals surface area contributed by atoms with Crippen molar-refractivity contribution >= 4 is 11.7 Å². The van der Waals surface area contributed by atoms with E-state index in [-0.39, 0.29) is 37.3 Å². The SMILES string of the molecule is CCCC1(C(=O)NCc2cc(F)cc(C(F)(F)F)c2)CCC(=O)CO1. The largest absolute Gasteiger partial charge is 0.416 e. The molecular formula is C17H19F4NO3. The van der Waals surface area contributed by atoms with Crippen molar-refractivity contribution in [2.24, 2.45) is 0 Å². The summed E-state index contributed by atoms with van der Waals surface area (Å²) in [5.74, 6) is -1.62. The van der Waals surface area contributed by atoms with E-state index >= 15 is 0 Å². The number of ketones is 1. The van der Waals surface area contributed by atoms with Crippen LogP contribution in [0, 0.1) is 5.82 Å². The van der Waals surface area contributed by atoms with Crippen molar-refractivity contribution in [1.29, 1.82) is 0 Å². The van der Waals surface area contributed by atoms with Crippen molar-refractivity contribution in [2.75, 3.05) is 6.61 Å². The van der Waals surface area contributed by atoms with Crippen molar-refractivity contribution < 1.29 is 31.9 Å². The highest BCUT2D eigenvalue weighted by atomic mass is 19.4. The summed E-state index contributed by atoms with van der Waals surface area (Å²) in [6.45, 7) is 1.44. The van der Waals surface area contributed by atoms with Gasteiger partial charge in [-0.05, 0) is 36.6 Å². The first-order valence-corrected chi connectivity index (χ1v) is 7.97. The van der Waals surface area contributed by atoms with Crippen LogP contribution in [0.2, 0.25) is 0 Å². The molecule has 1 aliphatic heterocycles. The fraction of sp³-hybridized carbons (Fsp3) is 0.529. The predicted molar refractivity (Wildman–Crippen MR) is 81.1 cm³/mol. The fourth-order valence-electron chi connectivity index (χ4n) is 2.86. The van der Waals surface area contributed by atoms with Gasteiger partial charge in [-0.3, -0.25) is 9.59 Å². The van der Waals surface area contributed by atoms with E-state index in [0.29, 0.717) is 18.9 Å². The highest BCUT2D eigenvalue weighted by molar-refractivity contribution is 5.89. The van der Waals surface area contributed by atoms with Gasteiger partial charge in [-0.2, -0.15) is 13.2 Å². The summed E-state index contributed by atoms with van der Waals surface area (Å²) in [4.78, 5) is 23.8. The van der Waals surface area contributed by atoms with Crippen LogP contribution in [-0.2, 0) is 27.0 Å². The van der Waals surface area contributed by atoms with Gasteiger partial charge in [0.15, 0.2) is 5.78 Å². The molecule has 0 saturated carbocycles. The van der Waals surface area contributed by atoms with Gasteiger partial charge < -0.3 is 10.1 Å². The average Bonchev–Trinajstić information content (AvgIpc) is 2.54. The number of ether oxygens (including phenoxy) is 1. The average molecular weight is 361 g/mol. The lowest BCUT2D eigenvalue weighted by molar-refractivity contribution is -0.161. The van der Waals surface area contributed by atoms with Crippen molar-refractivity contribution in [3.05, 3.63) is 35.1 Å². The molecule has 0 spiro atoms. The second-order valence-corrected chi connectivity index (χ2v) is 6.10. The molecule has 25 heavy (non-hydrogen) atoms. The van der Waals surface area contributed by atoms with Crippen LogP contribution in [0.1, 0.15) is 43.7 Å². The van der Waals surface area contributed by atoms with Gasteiger partial charge in [-0.1, -0.05) is 13.3 Å². The molecule has 1 fully saturated rings. The predicted octanol–water partition coefficient (Wildman–Crippen LogP) is 3.38. The Bertz CT molecular complexity index is 648. The molecule has 0 aliphatic carbocycles. The molecule has 0 aromatic heterocycles. The van der Waals surface area contributed by atoms with Crippen LogP contribution in [0.4, 0.5) is 17.6 Å². The van der Waals surface area contributed by atoms with Crippen LogP contribution >= 0.6 is 0 Å². The van der Waals surface area contributed by atoms with Crippen LogP contribution in [0.25, 0.3) is 0 Å². The third kappa shape index (κ3) is 4.78. The van der Waals surface area contributed by atoms with E-state index in [9.17, 15) is 27.2 Å². The Morgan fingerprint density at radius 1 is 1.32 bits per heavy atom. The van der Waals surface area contributed by atoms with Gasteiger partial charge >= 0.3 is 6.18 Å². The number of halogens is 4. The van der Waals surface area contributed by atoms with E-state index in [1.54, 1.807) is 0 Å². The van der Waals surface area contributed by atoms with E-state index in [1.807, 2.05) is 6.92 Å². The van der Waals surface area contributed by atoms with Crippen LogP contribution in [0.3, 0.4) is 0 Å². The molecule has 1 N–H and O–H groups in total. The minimum Gasteiger partial charge on any atom is -0.357 e. The molecule has 0 bridgehead atoms. The molecule has 8 heteroatoms. The number of Topliss-reactive ketones (excluding diaryl/α,β-unsaturated/α-hetero) is 1. The van der Waals surface area contributed by atoms with Gasteiger partial charge in [-0.25, -0.2) is 4.39 Å². The lowest BCUT2D eigenvalue weighted by Crippen LogP contribution is -2.52. The Hall–Kier alpha value is -1.96. The molecule has 0 radical (unpaired) electrons. The monoisotopic (exact) mass is 361 g/mol. The summed E-state index contributed by atoms with van der Waals surface area (Å²) >= 11 is 0. The number of carbonyl (C=O) groups is 2. The lowest BCUT2D eigenvalue weighted by atomic mass is 9.88. The normalized spacial score (nSPS) is 21.2. The second kappa shape index (κ2) is 7.51. The van der Waals surface area contributed by atoms with Crippen molar-refractivity contribution in [3.63, 3.8) is 0 Å². The van der Waals surface area contributed by atoms with E-state index in [2.05, 4.69) is 5.32 Å². The molecule has 1 aromatic rings. The van der Waals surface area contributed by atoms with Crippen LogP contribution < -0.4 is 5.32 Å². The number of rotatable bonds is 5. The first kappa shape index (κ1) is 19.4. The molecule has 1 aromatic carbocycles. The number of carbonyl (C=O) groups excluding carboxylic acids is 2. The third-order valence-corrected chi connectivity index (χ3v) is 4.12. The summed E-state index contributed by atoms with van der Waals surface area (Å²) in [6.07, 6.45) is -3.20. The zero-order valence-electron chi connectivity index (χ0n) is 13.7. The van der Waals surface area contributed by atoms with Crippen LogP contribution in [-0.4, -0.2) is 23.9 Å². The number of alkyl halides is 3. The minimum atomic E-state index is -4.67. The topological polar surface area (TPSA) is 55.4 Å². The summed E-state index contributed by atoms with van der Waals surface area (Å²) in [5.41, 5.74) is -2.28. The lowest BCUT2D eigenvalue weighted by Gasteiger charge is -2.35. The summed E-state index contributed by atoms with van der Waals surface area (Å²) < 4.78 is 57.0. The standard InChI is InChI=1S/C17H19F4NO3/c1-2-4-16(5-3-14(23)10-25-16)15(24)22-9-11-6-12(17(19,20)21)8-13(18)7-11/h6-8H,2-5,9-10H2,1H3,(H,22,24). The van der Waals surface area contributed by atoms with E-state index < -0.39 is 29.1 Å². The van der Waals surface area contributed by atoms with E-state index in [1.165, 1.54) is 0 Å². The van der Waals surface area contributed by atoms with Crippen molar-refractivity contribution in [2.45, 2.75) is 50.9 Å². The van der Waals surface area contributed by atoms with Gasteiger partial charge in [-0.15, -0.1) is 0 Å². The Labute approximate surface area is 142 Å². The molecule has 138 valence electrons. The zero-order chi connectivity index (χ0) is 18.7. The Morgan fingerprint density at radius 2 is 2.04 bits per heavy atom. The Morgan fingerprint density at radius 3 is 2.60 bits per heavy atom. The molecule has 1 saturated heterocycles. The maximum absolute atomic E-state index is 13.4. The molecule has 1 heterocycles. The Balaban J connectivity index is 2.10. The number of nitrogens with one attached hydrogen (secondary N) is 1. The summed E-state index contributed by atoms with van der Waals surface area (Å²) in [7, 11) is 0. The van der Waals surface area contributed by atoms with Gasteiger partial charge in [0.25, 0.3) is 5.91 Å². The smallest absolute Gasteiger partial charge is 0.357 e. The number of benzene rings is 1. The maximum Gasteiger partial charge on any atom is 0.416 e. The highest BCUT2D eigenvalue weighted by Crippen LogP contribution is 2.31. The van der Waals surface area contributed by atoms with Gasteiger partial charge in [0.1, 0.15) is 18.0 Å². The maximum atomic E-state index is 13.4. The zero-order valence-corrected chi connectivity index (χ0v) is 13.7.